The lowest BCUT2D eigenvalue weighted by atomic mass is 10.00. The molecule has 0 aliphatic heterocycles. The van der Waals surface area contributed by atoms with Gasteiger partial charge in [-0.05, 0) is 24.6 Å². The normalized spacial score (nSPS) is 10.1. The molecule has 0 aliphatic rings. The smallest absolute Gasteiger partial charge is 0.314 e. The van der Waals surface area contributed by atoms with Gasteiger partial charge in [-0.1, -0.05) is 0 Å². The first-order chi connectivity index (χ1) is 10.4. The highest BCUT2D eigenvalue weighted by Crippen LogP contribution is 2.35. The van der Waals surface area contributed by atoms with Crippen molar-refractivity contribution in [2.45, 2.75) is 6.92 Å². The number of benzene rings is 1. The van der Waals surface area contributed by atoms with Gasteiger partial charge in [0.1, 0.15) is 11.6 Å². The van der Waals surface area contributed by atoms with E-state index in [1.54, 1.807) is 13.0 Å². The molecular formula is C14H10FN3O4. The molecule has 112 valence electrons. The van der Waals surface area contributed by atoms with Gasteiger partial charge < -0.3 is 9.72 Å². The summed E-state index contributed by atoms with van der Waals surface area (Å²) in [5.41, 5.74) is -0.859. The van der Waals surface area contributed by atoms with Gasteiger partial charge in [0.05, 0.1) is 12.0 Å². The van der Waals surface area contributed by atoms with Crippen LogP contribution in [0.15, 0.2) is 23.0 Å². The van der Waals surface area contributed by atoms with Crippen molar-refractivity contribution in [3.8, 4) is 22.9 Å². The standard InChI is InChI=1S/C14H10FN3O4/c1-7-3-9(10(6-16)14(19)17-7)8-4-11(15)13(22-2)12(5-8)18(20)21/h3-5H,1-2H3,(H,17,19). The number of nitrogens with zero attached hydrogens (tertiary/aromatic N) is 2. The molecule has 0 bridgehead atoms. The second kappa shape index (κ2) is 5.65. The third kappa shape index (κ3) is 2.52. The summed E-state index contributed by atoms with van der Waals surface area (Å²) in [4.78, 5) is 24.4. The molecule has 0 saturated carbocycles. The van der Waals surface area contributed by atoms with Gasteiger partial charge in [-0.2, -0.15) is 5.26 Å². The summed E-state index contributed by atoms with van der Waals surface area (Å²) in [5.74, 6) is -1.46. The molecule has 2 rings (SSSR count). The number of nitro benzene ring substituents is 1. The van der Waals surface area contributed by atoms with Crippen molar-refractivity contribution in [3.05, 3.63) is 55.7 Å². The average molecular weight is 303 g/mol. The number of aryl methyl sites for hydroxylation is 1. The number of rotatable bonds is 3. The molecule has 0 aliphatic carbocycles. The van der Waals surface area contributed by atoms with Crippen molar-refractivity contribution in [3.63, 3.8) is 0 Å². The van der Waals surface area contributed by atoms with Gasteiger partial charge in [0.15, 0.2) is 5.82 Å². The number of aromatic nitrogens is 1. The van der Waals surface area contributed by atoms with E-state index in [0.29, 0.717) is 5.69 Å². The van der Waals surface area contributed by atoms with E-state index in [9.17, 15) is 19.3 Å². The Morgan fingerprint density at radius 2 is 2.09 bits per heavy atom. The van der Waals surface area contributed by atoms with Crippen LogP contribution in [0.25, 0.3) is 11.1 Å². The molecule has 0 unspecified atom stereocenters. The van der Waals surface area contributed by atoms with Gasteiger partial charge in [-0.25, -0.2) is 4.39 Å². The number of ether oxygens (including phenoxy) is 1. The fourth-order valence-electron chi connectivity index (χ4n) is 2.10. The molecule has 0 saturated heterocycles. The number of pyridine rings is 1. The second-order valence-electron chi connectivity index (χ2n) is 4.45. The lowest BCUT2D eigenvalue weighted by Gasteiger charge is -2.08. The lowest BCUT2D eigenvalue weighted by molar-refractivity contribution is -0.385. The molecule has 2 aromatic rings. The van der Waals surface area contributed by atoms with Gasteiger partial charge in [0, 0.05) is 17.3 Å². The van der Waals surface area contributed by atoms with Gasteiger partial charge in [0.25, 0.3) is 5.56 Å². The van der Waals surface area contributed by atoms with Gasteiger partial charge in [-0.15, -0.1) is 0 Å². The van der Waals surface area contributed by atoms with E-state index in [1.165, 1.54) is 6.07 Å². The van der Waals surface area contributed by atoms with Crippen LogP contribution in [0.5, 0.6) is 5.75 Å². The number of nitriles is 1. The van der Waals surface area contributed by atoms with E-state index in [4.69, 9.17) is 5.26 Å². The zero-order valence-corrected chi connectivity index (χ0v) is 11.6. The van der Waals surface area contributed by atoms with E-state index >= 15 is 0 Å². The Labute approximate surface area is 123 Å². The number of H-pyrrole nitrogens is 1. The Hall–Kier alpha value is -3.21. The van der Waals surface area contributed by atoms with Crippen molar-refractivity contribution >= 4 is 5.69 Å². The third-order valence-electron chi connectivity index (χ3n) is 3.02. The lowest BCUT2D eigenvalue weighted by Crippen LogP contribution is -2.12. The Kier molecular flexibility index (Phi) is 3.90. The SMILES string of the molecule is COc1c(F)cc(-c2cc(C)[nH]c(=O)c2C#N)cc1[N+](=O)[O-]. The van der Waals surface area contributed by atoms with E-state index in [0.717, 1.165) is 19.2 Å². The van der Waals surface area contributed by atoms with Crippen LogP contribution in [0.1, 0.15) is 11.3 Å². The summed E-state index contributed by atoms with van der Waals surface area (Å²) in [6.07, 6.45) is 0. The van der Waals surface area contributed by atoms with Crippen LogP contribution in [-0.2, 0) is 0 Å². The van der Waals surface area contributed by atoms with Crippen molar-refractivity contribution in [1.29, 1.82) is 5.26 Å². The number of aromatic amines is 1. The van der Waals surface area contributed by atoms with E-state index in [-0.39, 0.29) is 16.7 Å². The minimum atomic E-state index is -0.950. The maximum absolute atomic E-state index is 14.0. The molecule has 0 spiro atoms. The van der Waals surface area contributed by atoms with E-state index in [1.807, 2.05) is 0 Å². The number of halogens is 1. The predicted molar refractivity (Wildman–Crippen MR) is 75.1 cm³/mol. The van der Waals surface area contributed by atoms with Crippen molar-refractivity contribution in [2.75, 3.05) is 7.11 Å². The number of nitrogens with one attached hydrogen (secondary N) is 1. The molecule has 1 N–H and O–H groups in total. The van der Waals surface area contributed by atoms with Crippen LogP contribution in [0.2, 0.25) is 0 Å². The van der Waals surface area contributed by atoms with Crippen molar-refractivity contribution < 1.29 is 14.1 Å². The Balaban J connectivity index is 2.83. The van der Waals surface area contributed by atoms with Crippen molar-refractivity contribution in [1.82, 2.24) is 4.98 Å². The molecule has 7 nitrogen and oxygen atoms in total. The second-order valence-corrected chi connectivity index (χ2v) is 4.45. The molecule has 1 aromatic heterocycles. The van der Waals surface area contributed by atoms with Gasteiger partial charge >= 0.3 is 5.69 Å². The average Bonchev–Trinajstić information content (AvgIpc) is 2.45. The summed E-state index contributed by atoms with van der Waals surface area (Å²) in [7, 11) is 1.11. The topological polar surface area (TPSA) is 109 Å². The summed E-state index contributed by atoms with van der Waals surface area (Å²) >= 11 is 0. The minimum absolute atomic E-state index is 0.0516. The van der Waals surface area contributed by atoms with Crippen LogP contribution in [0.4, 0.5) is 10.1 Å². The van der Waals surface area contributed by atoms with E-state index in [2.05, 4.69) is 9.72 Å². The van der Waals surface area contributed by atoms with Crippen LogP contribution in [0, 0.1) is 34.2 Å². The Morgan fingerprint density at radius 1 is 1.41 bits per heavy atom. The summed E-state index contributed by atoms with van der Waals surface area (Å²) in [5, 5.41) is 20.1. The number of methoxy groups -OCH3 is 1. The highest BCUT2D eigenvalue weighted by molar-refractivity contribution is 5.74. The van der Waals surface area contributed by atoms with E-state index < -0.39 is 27.7 Å². The molecule has 1 heterocycles. The molecule has 22 heavy (non-hydrogen) atoms. The highest BCUT2D eigenvalue weighted by atomic mass is 19.1. The van der Waals surface area contributed by atoms with Crippen LogP contribution in [0.3, 0.4) is 0 Å². The van der Waals surface area contributed by atoms with Crippen molar-refractivity contribution in [2.24, 2.45) is 0 Å². The molecule has 8 heteroatoms. The summed E-state index contributed by atoms with van der Waals surface area (Å²) in [6.45, 7) is 1.58. The molecule has 0 atom stereocenters. The number of hydrogen-bond donors (Lipinski definition) is 1. The van der Waals surface area contributed by atoms with Crippen LogP contribution < -0.4 is 10.3 Å². The zero-order valence-electron chi connectivity index (χ0n) is 11.6. The molecule has 1 aromatic carbocycles. The van der Waals surface area contributed by atoms with Gasteiger partial charge in [0.2, 0.25) is 5.75 Å². The molecule has 0 radical (unpaired) electrons. The Bertz CT molecular complexity index is 868. The minimum Gasteiger partial charge on any atom is -0.488 e. The first-order valence-electron chi connectivity index (χ1n) is 6.05. The zero-order chi connectivity index (χ0) is 16.4. The molecule has 0 amide bonds. The fourth-order valence-corrected chi connectivity index (χ4v) is 2.10. The third-order valence-corrected chi connectivity index (χ3v) is 3.02. The molecular weight excluding hydrogens is 293 g/mol. The predicted octanol–water partition coefficient (Wildman–Crippen LogP) is 2.28. The van der Waals surface area contributed by atoms with Crippen LogP contribution in [-0.4, -0.2) is 17.0 Å². The van der Waals surface area contributed by atoms with Crippen LogP contribution >= 0.6 is 0 Å². The number of nitro groups is 1. The monoisotopic (exact) mass is 303 g/mol. The molecule has 0 fully saturated rings. The maximum Gasteiger partial charge on any atom is 0.314 e. The highest BCUT2D eigenvalue weighted by Gasteiger charge is 2.23. The number of hydrogen-bond acceptors (Lipinski definition) is 5. The summed E-state index contributed by atoms with van der Waals surface area (Å²) < 4.78 is 18.7. The maximum atomic E-state index is 14.0. The van der Waals surface area contributed by atoms with Gasteiger partial charge in [-0.3, -0.25) is 14.9 Å². The first-order valence-corrected chi connectivity index (χ1v) is 6.05. The largest absolute Gasteiger partial charge is 0.488 e. The fraction of sp³-hybridized carbons (Fsp3) is 0.143. The summed E-state index contributed by atoms with van der Waals surface area (Å²) in [6, 6.07) is 5.22. The Morgan fingerprint density at radius 3 is 2.64 bits per heavy atom. The quantitative estimate of drug-likeness (QED) is 0.691. The first kappa shape index (κ1) is 15.2.